The van der Waals surface area contributed by atoms with Gasteiger partial charge in [-0.3, -0.25) is 4.79 Å². The Bertz CT molecular complexity index is 797. The second-order valence-corrected chi connectivity index (χ2v) is 7.75. The Morgan fingerprint density at radius 2 is 2.04 bits per heavy atom. The average Bonchev–Trinajstić information content (AvgIpc) is 2.68. The second kappa shape index (κ2) is 9.15. The van der Waals surface area contributed by atoms with Crippen LogP contribution in [0, 0.1) is 0 Å². The fourth-order valence-corrected chi connectivity index (χ4v) is 4.42. The lowest BCUT2D eigenvalue weighted by atomic mass is 10.0. The van der Waals surface area contributed by atoms with Crippen LogP contribution in [0.25, 0.3) is 0 Å². The zero-order valence-electron chi connectivity index (χ0n) is 16.0. The number of carbonyl (C=O) groups is 1. The molecule has 0 fully saturated rings. The van der Waals surface area contributed by atoms with Crippen LogP contribution in [0.1, 0.15) is 31.4 Å². The molecule has 0 bridgehead atoms. The van der Waals surface area contributed by atoms with E-state index in [0.29, 0.717) is 29.6 Å². The van der Waals surface area contributed by atoms with Gasteiger partial charge in [0.15, 0.2) is 0 Å². The van der Waals surface area contributed by atoms with Crippen molar-refractivity contribution in [3.05, 3.63) is 48.0 Å². The molecule has 1 amide bonds. The first-order valence-corrected chi connectivity index (χ1v) is 10.1. The predicted molar refractivity (Wildman–Crippen MR) is 110 cm³/mol. The molecule has 1 heterocycles. The minimum Gasteiger partial charge on any atom is -0.497 e. The van der Waals surface area contributed by atoms with Gasteiger partial charge >= 0.3 is 0 Å². The molecular weight excluding hydrogens is 360 g/mol. The monoisotopic (exact) mass is 386 g/mol. The first-order valence-electron chi connectivity index (χ1n) is 9.10. The Kier molecular flexibility index (Phi) is 6.63. The molecule has 0 aromatic heterocycles. The Morgan fingerprint density at radius 1 is 1.22 bits per heavy atom. The number of fused-ring (bicyclic) bond motifs is 1. The standard InChI is InChI=1S/C21H26N2O3S/c1-14(22-17-10-11-27-20-7-5-4-6-16(17)20)12-21(24)23-18-9-8-15(25-2)13-19(18)26-3/h4-9,13-14,17,22H,10-12H2,1-3H3,(H,23,24). The summed E-state index contributed by atoms with van der Waals surface area (Å²) in [4.78, 5) is 13.8. The fourth-order valence-electron chi connectivity index (χ4n) is 3.30. The van der Waals surface area contributed by atoms with Crippen molar-refractivity contribution in [3.63, 3.8) is 0 Å². The molecule has 0 saturated carbocycles. The van der Waals surface area contributed by atoms with Crippen molar-refractivity contribution in [2.24, 2.45) is 0 Å². The lowest BCUT2D eigenvalue weighted by molar-refractivity contribution is -0.116. The van der Waals surface area contributed by atoms with Crippen LogP contribution in [0.15, 0.2) is 47.4 Å². The van der Waals surface area contributed by atoms with Crippen LogP contribution in [0.5, 0.6) is 11.5 Å². The highest BCUT2D eigenvalue weighted by molar-refractivity contribution is 7.99. The summed E-state index contributed by atoms with van der Waals surface area (Å²) in [6, 6.07) is 14.2. The molecular formula is C21H26N2O3S. The van der Waals surface area contributed by atoms with Gasteiger partial charge in [0.2, 0.25) is 5.91 Å². The maximum absolute atomic E-state index is 12.5. The maximum atomic E-state index is 12.5. The van der Waals surface area contributed by atoms with E-state index in [9.17, 15) is 4.79 Å². The van der Waals surface area contributed by atoms with Gasteiger partial charge in [0.25, 0.3) is 0 Å². The first-order chi connectivity index (χ1) is 13.1. The second-order valence-electron chi connectivity index (χ2n) is 6.61. The van der Waals surface area contributed by atoms with Gasteiger partial charge in [-0.2, -0.15) is 0 Å². The van der Waals surface area contributed by atoms with E-state index in [1.165, 1.54) is 10.5 Å². The van der Waals surface area contributed by atoms with Crippen LogP contribution < -0.4 is 20.1 Å². The summed E-state index contributed by atoms with van der Waals surface area (Å²) in [5.41, 5.74) is 1.98. The van der Waals surface area contributed by atoms with Crippen molar-refractivity contribution in [1.82, 2.24) is 5.32 Å². The third-order valence-electron chi connectivity index (χ3n) is 4.62. The van der Waals surface area contributed by atoms with Gasteiger partial charge in [-0.05, 0) is 42.9 Å². The lowest BCUT2D eigenvalue weighted by Gasteiger charge is -2.28. The van der Waals surface area contributed by atoms with Crippen molar-refractivity contribution >= 4 is 23.4 Å². The summed E-state index contributed by atoms with van der Waals surface area (Å²) < 4.78 is 10.5. The number of nitrogens with one attached hydrogen (secondary N) is 2. The van der Waals surface area contributed by atoms with Crippen molar-refractivity contribution in [1.29, 1.82) is 0 Å². The highest BCUT2D eigenvalue weighted by atomic mass is 32.2. The van der Waals surface area contributed by atoms with E-state index in [0.717, 1.165) is 12.2 Å². The largest absolute Gasteiger partial charge is 0.497 e. The van der Waals surface area contributed by atoms with Crippen LogP contribution >= 0.6 is 11.8 Å². The van der Waals surface area contributed by atoms with Gasteiger partial charge in [0, 0.05) is 29.5 Å². The number of rotatable bonds is 7. The Morgan fingerprint density at radius 3 is 2.81 bits per heavy atom. The minimum atomic E-state index is -0.0445. The molecule has 1 aliphatic rings. The van der Waals surface area contributed by atoms with Crippen LogP contribution in [-0.4, -0.2) is 31.9 Å². The quantitative estimate of drug-likeness (QED) is 0.745. The molecule has 6 heteroatoms. The smallest absolute Gasteiger partial charge is 0.226 e. The van der Waals surface area contributed by atoms with Gasteiger partial charge in [-0.1, -0.05) is 18.2 Å². The Hall–Kier alpha value is -2.18. The summed E-state index contributed by atoms with van der Waals surface area (Å²) in [7, 11) is 3.18. The number of hydrogen-bond acceptors (Lipinski definition) is 5. The topological polar surface area (TPSA) is 59.6 Å². The molecule has 2 atom stereocenters. The third kappa shape index (κ3) is 4.96. The number of anilines is 1. The zero-order chi connectivity index (χ0) is 19.2. The molecule has 27 heavy (non-hydrogen) atoms. The highest BCUT2D eigenvalue weighted by Gasteiger charge is 2.22. The zero-order valence-corrected chi connectivity index (χ0v) is 16.8. The van der Waals surface area contributed by atoms with Gasteiger partial charge in [0.1, 0.15) is 11.5 Å². The molecule has 5 nitrogen and oxygen atoms in total. The van der Waals surface area contributed by atoms with Gasteiger partial charge < -0.3 is 20.1 Å². The van der Waals surface area contributed by atoms with E-state index in [4.69, 9.17) is 9.47 Å². The molecule has 0 radical (unpaired) electrons. The molecule has 0 spiro atoms. The van der Waals surface area contributed by atoms with E-state index in [2.05, 4.69) is 41.8 Å². The summed E-state index contributed by atoms with van der Waals surface area (Å²) in [6.07, 6.45) is 1.46. The normalized spacial score (nSPS) is 16.9. The molecule has 2 unspecified atom stereocenters. The van der Waals surface area contributed by atoms with E-state index in [1.807, 2.05) is 11.8 Å². The van der Waals surface area contributed by atoms with Crippen LogP contribution in [0.2, 0.25) is 0 Å². The number of hydrogen-bond donors (Lipinski definition) is 2. The van der Waals surface area contributed by atoms with E-state index >= 15 is 0 Å². The average molecular weight is 387 g/mol. The van der Waals surface area contributed by atoms with Crippen molar-refractivity contribution in [2.45, 2.75) is 36.7 Å². The molecule has 144 valence electrons. The van der Waals surface area contributed by atoms with E-state index in [-0.39, 0.29) is 11.9 Å². The van der Waals surface area contributed by atoms with Crippen LogP contribution in [-0.2, 0) is 4.79 Å². The number of methoxy groups -OCH3 is 2. The molecule has 0 aliphatic carbocycles. The Balaban J connectivity index is 1.59. The summed E-state index contributed by atoms with van der Waals surface area (Å²) in [6.45, 7) is 2.05. The number of benzene rings is 2. The highest BCUT2D eigenvalue weighted by Crippen LogP contribution is 2.36. The maximum Gasteiger partial charge on any atom is 0.226 e. The molecule has 1 aliphatic heterocycles. The molecule has 3 rings (SSSR count). The predicted octanol–water partition coefficient (Wildman–Crippen LogP) is 4.25. The molecule has 0 saturated heterocycles. The number of carbonyl (C=O) groups excluding carboxylic acids is 1. The Labute approximate surface area is 164 Å². The van der Waals surface area contributed by atoms with Crippen LogP contribution in [0.4, 0.5) is 5.69 Å². The molecule has 2 aromatic carbocycles. The third-order valence-corrected chi connectivity index (χ3v) is 5.74. The summed E-state index contributed by atoms with van der Waals surface area (Å²) >= 11 is 1.90. The number of thioether (sulfide) groups is 1. The fraction of sp³-hybridized carbons (Fsp3) is 0.381. The van der Waals surface area contributed by atoms with Crippen molar-refractivity contribution in [3.8, 4) is 11.5 Å². The van der Waals surface area contributed by atoms with E-state index < -0.39 is 0 Å². The van der Waals surface area contributed by atoms with Crippen LogP contribution in [0.3, 0.4) is 0 Å². The van der Waals surface area contributed by atoms with Gasteiger partial charge in [-0.25, -0.2) is 0 Å². The summed E-state index contributed by atoms with van der Waals surface area (Å²) in [5.74, 6) is 2.32. The van der Waals surface area contributed by atoms with Crippen molar-refractivity contribution in [2.75, 3.05) is 25.3 Å². The van der Waals surface area contributed by atoms with Gasteiger partial charge in [0.05, 0.1) is 19.9 Å². The number of amides is 1. The molecule has 2 aromatic rings. The van der Waals surface area contributed by atoms with Crippen molar-refractivity contribution < 1.29 is 14.3 Å². The van der Waals surface area contributed by atoms with Gasteiger partial charge in [-0.15, -0.1) is 11.8 Å². The van der Waals surface area contributed by atoms with E-state index in [1.54, 1.807) is 32.4 Å². The SMILES string of the molecule is COc1ccc(NC(=O)CC(C)NC2CCSc3ccccc32)c(OC)c1. The lowest BCUT2D eigenvalue weighted by Crippen LogP contribution is -2.35. The molecule has 2 N–H and O–H groups in total. The first kappa shape index (κ1) is 19.6. The number of ether oxygens (including phenoxy) is 2. The minimum absolute atomic E-state index is 0.0445. The summed E-state index contributed by atoms with van der Waals surface area (Å²) in [5, 5.41) is 6.55.